The standard InChI is InChI=1S/C13H14Br2N2O2/c1-8(18)16-12-2-3-17(7-12)13(19)9-4-10(14)6-11(15)5-9/h4-6,12H,2-3,7H2,1H3,(H,16,18). The summed E-state index contributed by atoms with van der Waals surface area (Å²) in [6.07, 6.45) is 0.806. The Morgan fingerprint density at radius 3 is 2.47 bits per heavy atom. The predicted octanol–water partition coefficient (Wildman–Crippen LogP) is 2.56. The van der Waals surface area contributed by atoms with Crippen LogP contribution in [0.25, 0.3) is 0 Å². The number of amides is 2. The quantitative estimate of drug-likeness (QED) is 0.844. The molecule has 1 saturated heterocycles. The Balaban J connectivity index is 2.06. The van der Waals surface area contributed by atoms with Gasteiger partial charge in [-0.15, -0.1) is 0 Å². The molecule has 1 aromatic carbocycles. The molecule has 1 heterocycles. The molecule has 1 unspecified atom stereocenters. The molecule has 0 aliphatic carbocycles. The van der Waals surface area contributed by atoms with E-state index in [4.69, 9.17) is 0 Å². The summed E-state index contributed by atoms with van der Waals surface area (Å²) in [5, 5.41) is 2.85. The molecule has 1 fully saturated rings. The van der Waals surface area contributed by atoms with Crippen molar-refractivity contribution in [1.82, 2.24) is 10.2 Å². The van der Waals surface area contributed by atoms with Crippen molar-refractivity contribution in [2.75, 3.05) is 13.1 Å². The summed E-state index contributed by atoms with van der Waals surface area (Å²) in [4.78, 5) is 25.1. The van der Waals surface area contributed by atoms with E-state index < -0.39 is 0 Å². The second kappa shape index (κ2) is 6.05. The van der Waals surface area contributed by atoms with Crippen molar-refractivity contribution in [2.24, 2.45) is 0 Å². The average molecular weight is 390 g/mol. The second-order valence-corrected chi connectivity index (χ2v) is 6.43. The van der Waals surface area contributed by atoms with Crippen LogP contribution in [0.15, 0.2) is 27.1 Å². The minimum absolute atomic E-state index is 0.00477. The van der Waals surface area contributed by atoms with Crippen LogP contribution in [0.2, 0.25) is 0 Å². The van der Waals surface area contributed by atoms with Crippen LogP contribution in [0, 0.1) is 0 Å². The molecule has 1 aromatic rings. The number of nitrogens with zero attached hydrogens (tertiary/aromatic N) is 1. The normalized spacial score (nSPS) is 18.5. The number of carbonyl (C=O) groups excluding carboxylic acids is 2. The third-order valence-corrected chi connectivity index (χ3v) is 3.91. The third-order valence-electron chi connectivity index (χ3n) is 2.99. The van der Waals surface area contributed by atoms with Gasteiger partial charge in [0.05, 0.1) is 0 Å². The number of hydrogen-bond donors (Lipinski definition) is 1. The van der Waals surface area contributed by atoms with E-state index in [1.165, 1.54) is 6.92 Å². The molecule has 0 radical (unpaired) electrons. The zero-order chi connectivity index (χ0) is 14.0. The highest BCUT2D eigenvalue weighted by Gasteiger charge is 2.27. The van der Waals surface area contributed by atoms with Gasteiger partial charge in [-0.2, -0.15) is 0 Å². The Hall–Kier alpha value is -0.880. The van der Waals surface area contributed by atoms with Crippen molar-refractivity contribution in [2.45, 2.75) is 19.4 Å². The highest BCUT2D eigenvalue weighted by Crippen LogP contribution is 2.22. The number of hydrogen-bond acceptors (Lipinski definition) is 2. The van der Waals surface area contributed by atoms with Gasteiger partial charge in [0.15, 0.2) is 0 Å². The first-order valence-electron chi connectivity index (χ1n) is 5.98. The number of rotatable bonds is 2. The molecule has 6 heteroatoms. The van der Waals surface area contributed by atoms with E-state index in [9.17, 15) is 9.59 Å². The molecule has 1 N–H and O–H groups in total. The van der Waals surface area contributed by atoms with Gasteiger partial charge in [-0.25, -0.2) is 0 Å². The average Bonchev–Trinajstić information content (AvgIpc) is 2.74. The fourth-order valence-electron chi connectivity index (χ4n) is 2.21. The highest BCUT2D eigenvalue weighted by atomic mass is 79.9. The van der Waals surface area contributed by atoms with Gasteiger partial charge in [-0.3, -0.25) is 9.59 Å². The Labute approximate surface area is 128 Å². The summed E-state index contributed by atoms with van der Waals surface area (Å²) >= 11 is 6.75. The monoisotopic (exact) mass is 388 g/mol. The van der Waals surface area contributed by atoms with Crippen LogP contribution in [0.5, 0.6) is 0 Å². The van der Waals surface area contributed by atoms with Crippen LogP contribution in [-0.4, -0.2) is 35.8 Å². The first-order chi connectivity index (χ1) is 8.95. The van der Waals surface area contributed by atoms with E-state index in [1.807, 2.05) is 6.07 Å². The van der Waals surface area contributed by atoms with Gasteiger partial charge in [0.2, 0.25) is 5.91 Å². The number of benzene rings is 1. The van der Waals surface area contributed by atoms with Gasteiger partial charge >= 0.3 is 0 Å². The minimum Gasteiger partial charge on any atom is -0.352 e. The topological polar surface area (TPSA) is 49.4 Å². The molecule has 19 heavy (non-hydrogen) atoms. The van der Waals surface area contributed by atoms with Crippen molar-refractivity contribution in [3.05, 3.63) is 32.7 Å². The van der Waals surface area contributed by atoms with Gasteiger partial charge in [-0.05, 0) is 24.6 Å². The summed E-state index contributed by atoms with van der Waals surface area (Å²) < 4.78 is 1.73. The lowest BCUT2D eigenvalue weighted by Crippen LogP contribution is -2.37. The Morgan fingerprint density at radius 1 is 1.26 bits per heavy atom. The predicted molar refractivity (Wildman–Crippen MR) is 80.0 cm³/mol. The lowest BCUT2D eigenvalue weighted by Gasteiger charge is -2.17. The first kappa shape index (κ1) is 14.5. The lowest BCUT2D eigenvalue weighted by molar-refractivity contribution is -0.119. The highest BCUT2D eigenvalue weighted by molar-refractivity contribution is 9.11. The second-order valence-electron chi connectivity index (χ2n) is 4.60. The molecule has 0 bridgehead atoms. The molecule has 4 nitrogen and oxygen atoms in total. The van der Waals surface area contributed by atoms with Crippen LogP contribution in [0.3, 0.4) is 0 Å². The maximum Gasteiger partial charge on any atom is 0.254 e. The zero-order valence-electron chi connectivity index (χ0n) is 10.5. The Kier molecular flexibility index (Phi) is 4.62. The molecule has 102 valence electrons. The van der Waals surface area contributed by atoms with Crippen LogP contribution in [-0.2, 0) is 4.79 Å². The van der Waals surface area contributed by atoms with E-state index in [0.717, 1.165) is 15.4 Å². The summed E-state index contributed by atoms with van der Waals surface area (Å²) in [6, 6.07) is 5.57. The molecule has 1 aliphatic heterocycles. The van der Waals surface area contributed by atoms with Gasteiger partial charge < -0.3 is 10.2 Å². The molecular formula is C13H14Br2N2O2. The van der Waals surface area contributed by atoms with Crippen LogP contribution in [0.4, 0.5) is 0 Å². The summed E-state index contributed by atoms with van der Waals surface area (Å²) in [5.41, 5.74) is 0.643. The molecule has 1 atom stereocenters. The number of nitrogens with one attached hydrogen (secondary N) is 1. The first-order valence-corrected chi connectivity index (χ1v) is 7.57. The molecule has 0 saturated carbocycles. The fraction of sp³-hybridized carbons (Fsp3) is 0.385. The Morgan fingerprint density at radius 2 is 1.89 bits per heavy atom. The maximum absolute atomic E-state index is 12.4. The smallest absolute Gasteiger partial charge is 0.254 e. The van der Waals surface area contributed by atoms with Gasteiger partial charge in [0.1, 0.15) is 0 Å². The Bertz CT molecular complexity index is 499. The summed E-state index contributed by atoms with van der Waals surface area (Å²) in [5.74, 6) is -0.0562. The van der Waals surface area contributed by atoms with Crippen molar-refractivity contribution >= 4 is 43.7 Å². The van der Waals surface area contributed by atoms with Gasteiger partial charge in [0, 0.05) is 40.6 Å². The lowest BCUT2D eigenvalue weighted by atomic mass is 10.2. The van der Waals surface area contributed by atoms with Gasteiger partial charge in [0.25, 0.3) is 5.91 Å². The van der Waals surface area contributed by atoms with Crippen LogP contribution < -0.4 is 5.32 Å². The summed E-state index contributed by atoms with van der Waals surface area (Å²) in [7, 11) is 0. The molecule has 0 aromatic heterocycles. The maximum atomic E-state index is 12.4. The van der Waals surface area contributed by atoms with Crippen molar-refractivity contribution in [3.63, 3.8) is 0 Å². The molecule has 1 aliphatic rings. The van der Waals surface area contributed by atoms with E-state index in [1.54, 1.807) is 17.0 Å². The van der Waals surface area contributed by atoms with E-state index in [0.29, 0.717) is 18.7 Å². The molecular weight excluding hydrogens is 376 g/mol. The fourth-order valence-corrected chi connectivity index (χ4v) is 3.50. The van der Waals surface area contributed by atoms with Crippen LogP contribution >= 0.6 is 31.9 Å². The number of halogens is 2. The van der Waals surface area contributed by atoms with E-state index in [2.05, 4.69) is 37.2 Å². The van der Waals surface area contributed by atoms with Crippen molar-refractivity contribution < 1.29 is 9.59 Å². The number of carbonyl (C=O) groups is 2. The number of likely N-dealkylation sites (tertiary alicyclic amines) is 1. The minimum atomic E-state index is -0.0514. The zero-order valence-corrected chi connectivity index (χ0v) is 13.6. The van der Waals surface area contributed by atoms with Crippen molar-refractivity contribution in [1.29, 1.82) is 0 Å². The van der Waals surface area contributed by atoms with E-state index >= 15 is 0 Å². The largest absolute Gasteiger partial charge is 0.352 e. The summed E-state index contributed by atoms with van der Waals surface area (Å²) in [6.45, 7) is 2.74. The molecule has 0 spiro atoms. The molecule has 2 amide bonds. The SMILES string of the molecule is CC(=O)NC1CCN(C(=O)c2cc(Br)cc(Br)c2)C1. The van der Waals surface area contributed by atoms with Crippen LogP contribution in [0.1, 0.15) is 23.7 Å². The third kappa shape index (κ3) is 3.79. The van der Waals surface area contributed by atoms with Crippen molar-refractivity contribution in [3.8, 4) is 0 Å². The van der Waals surface area contributed by atoms with Gasteiger partial charge in [-0.1, -0.05) is 31.9 Å². The van der Waals surface area contributed by atoms with E-state index in [-0.39, 0.29) is 17.9 Å². The molecule has 2 rings (SSSR count).